The van der Waals surface area contributed by atoms with Gasteiger partial charge in [-0.3, -0.25) is 0 Å². The zero-order valence-corrected chi connectivity index (χ0v) is 17.2. The number of rotatable bonds is 3. The normalized spacial score (nSPS) is 10.9. The third-order valence-corrected chi connectivity index (χ3v) is 5.35. The molecule has 138 valence electrons. The van der Waals surface area contributed by atoms with E-state index in [9.17, 15) is 0 Å². The summed E-state index contributed by atoms with van der Waals surface area (Å²) in [6.45, 7) is 0. The summed E-state index contributed by atoms with van der Waals surface area (Å²) in [6, 6.07) is 35.7. The summed E-state index contributed by atoms with van der Waals surface area (Å²) in [6.07, 6.45) is 0. The molecular formula is C26H17BrN2. The van der Waals surface area contributed by atoms with Crippen LogP contribution in [0.3, 0.4) is 0 Å². The minimum Gasteiger partial charge on any atom is -0.222 e. The van der Waals surface area contributed by atoms with Crippen molar-refractivity contribution in [3.63, 3.8) is 0 Å². The Morgan fingerprint density at radius 2 is 1.00 bits per heavy atom. The van der Waals surface area contributed by atoms with E-state index in [1.54, 1.807) is 0 Å². The lowest BCUT2D eigenvalue weighted by molar-refractivity contribution is 1.16. The molecule has 5 aromatic rings. The summed E-state index contributed by atoms with van der Waals surface area (Å²) < 4.78 is 0.595. The average Bonchev–Trinajstić information content (AvgIpc) is 2.79. The monoisotopic (exact) mass is 436 g/mol. The summed E-state index contributed by atoms with van der Waals surface area (Å²) >= 11 is 3.49. The molecule has 29 heavy (non-hydrogen) atoms. The van der Waals surface area contributed by atoms with Gasteiger partial charge in [0, 0.05) is 10.9 Å². The van der Waals surface area contributed by atoms with Crippen molar-refractivity contribution >= 4 is 26.8 Å². The third-order valence-electron chi connectivity index (χ3n) is 5.00. The van der Waals surface area contributed by atoms with Crippen LogP contribution in [0.25, 0.3) is 44.4 Å². The molecule has 0 bridgehead atoms. The van der Waals surface area contributed by atoms with Crippen molar-refractivity contribution in [3.8, 4) is 33.5 Å². The number of halogens is 1. The predicted molar refractivity (Wildman–Crippen MR) is 124 cm³/mol. The highest BCUT2D eigenvalue weighted by molar-refractivity contribution is 9.10. The number of benzene rings is 4. The van der Waals surface area contributed by atoms with Crippen molar-refractivity contribution < 1.29 is 0 Å². The molecule has 1 heterocycles. The van der Waals surface area contributed by atoms with Crippen molar-refractivity contribution in [2.24, 2.45) is 0 Å². The summed E-state index contributed by atoms with van der Waals surface area (Å²) in [5, 5.41) is 1.04. The number of hydrogen-bond donors (Lipinski definition) is 0. The minimum atomic E-state index is 0.595. The van der Waals surface area contributed by atoms with Gasteiger partial charge in [-0.25, -0.2) is 9.97 Å². The lowest BCUT2D eigenvalue weighted by atomic mass is 9.94. The highest BCUT2D eigenvalue weighted by Gasteiger charge is 2.12. The average molecular weight is 437 g/mol. The molecule has 0 N–H and O–H groups in total. The van der Waals surface area contributed by atoms with E-state index in [4.69, 9.17) is 4.98 Å². The first kappa shape index (κ1) is 17.8. The first-order chi connectivity index (χ1) is 14.3. The smallest absolute Gasteiger partial charge is 0.197 e. The first-order valence-electron chi connectivity index (χ1n) is 9.46. The maximum absolute atomic E-state index is 4.75. The molecule has 5 rings (SSSR count). The van der Waals surface area contributed by atoms with E-state index in [0.29, 0.717) is 4.73 Å². The Kier molecular flexibility index (Phi) is 4.66. The zero-order chi connectivity index (χ0) is 19.6. The fraction of sp³-hybridized carbons (Fsp3) is 0. The van der Waals surface area contributed by atoms with Gasteiger partial charge in [0.1, 0.15) is 0 Å². The maximum atomic E-state index is 4.75. The molecule has 3 heteroatoms. The van der Waals surface area contributed by atoms with Crippen molar-refractivity contribution in [2.45, 2.75) is 0 Å². The van der Waals surface area contributed by atoms with E-state index in [0.717, 1.165) is 22.2 Å². The van der Waals surface area contributed by atoms with Crippen LogP contribution >= 0.6 is 15.9 Å². The molecule has 0 aliphatic rings. The molecule has 0 fully saturated rings. The Balaban J connectivity index is 1.80. The molecule has 0 atom stereocenters. The van der Waals surface area contributed by atoms with Gasteiger partial charge in [-0.15, -0.1) is 0 Å². The molecule has 0 aliphatic carbocycles. The zero-order valence-electron chi connectivity index (χ0n) is 15.6. The van der Waals surface area contributed by atoms with Crippen LogP contribution in [-0.2, 0) is 0 Å². The summed E-state index contributed by atoms with van der Waals surface area (Å²) in [7, 11) is 0. The Hall–Kier alpha value is -3.30. The van der Waals surface area contributed by atoms with Gasteiger partial charge in [-0.2, -0.15) is 0 Å². The van der Waals surface area contributed by atoms with E-state index in [2.05, 4.69) is 93.7 Å². The molecule has 0 aliphatic heterocycles. The lowest BCUT2D eigenvalue weighted by Crippen LogP contribution is -1.93. The SMILES string of the molecule is Brc1nc(-c2cc(-c3ccccc3)cc(-c3ccccc3)c2)c2ccccc2n1. The predicted octanol–water partition coefficient (Wildman–Crippen LogP) is 7.39. The second-order valence-corrected chi connectivity index (χ2v) is 7.60. The molecule has 0 unspecified atom stereocenters. The fourth-order valence-corrected chi connectivity index (χ4v) is 4.00. The van der Waals surface area contributed by atoms with E-state index in [1.807, 2.05) is 30.3 Å². The van der Waals surface area contributed by atoms with Gasteiger partial charge in [-0.1, -0.05) is 78.9 Å². The maximum Gasteiger partial charge on any atom is 0.197 e. The fourth-order valence-electron chi connectivity index (χ4n) is 3.63. The first-order valence-corrected chi connectivity index (χ1v) is 10.3. The second-order valence-electron chi connectivity index (χ2n) is 6.89. The van der Waals surface area contributed by atoms with Crippen molar-refractivity contribution in [2.75, 3.05) is 0 Å². The highest BCUT2D eigenvalue weighted by atomic mass is 79.9. The quantitative estimate of drug-likeness (QED) is 0.275. The number of nitrogens with zero attached hydrogens (tertiary/aromatic N) is 2. The van der Waals surface area contributed by atoms with E-state index in [1.165, 1.54) is 22.3 Å². The molecule has 1 aromatic heterocycles. The minimum absolute atomic E-state index is 0.595. The van der Waals surface area contributed by atoms with Crippen LogP contribution in [0.15, 0.2) is 108 Å². The van der Waals surface area contributed by atoms with Gasteiger partial charge in [0.2, 0.25) is 0 Å². The summed E-state index contributed by atoms with van der Waals surface area (Å²) in [5.74, 6) is 0. The largest absolute Gasteiger partial charge is 0.222 e. The highest BCUT2D eigenvalue weighted by Crippen LogP contribution is 2.35. The number of hydrogen-bond acceptors (Lipinski definition) is 2. The van der Waals surface area contributed by atoms with E-state index >= 15 is 0 Å². The Labute approximate surface area is 178 Å². The molecule has 0 spiro atoms. The van der Waals surface area contributed by atoms with Crippen LogP contribution in [0.4, 0.5) is 0 Å². The molecule has 0 saturated heterocycles. The van der Waals surface area contributed by atoms with Gasteiger partial charge >= 0.3 is 0 Å². The molecular weight excluding hydrogens is 420 g/mol. The second kappa shape index (κ2) is 7.61. The molecule has 4 aromatic carbocycles. The Bertz CT molecular complexity index is 1240. The van der Waals surface area contributed by atoms with Crippen LogP contribution in [0.1, 0.15) is 0 Å². The Morgan fingerprint density at radius 1 is 0.483 bits per heavy atom. The molecule has 2 nitrogen and oxygen atoms in total. The van der Waals surface area contributed by atoms with Crippen molar-refractivity contribution in [1.82, 2.24) is 9.97 Å². The van der Waals surface area contributed by atoms with Crippen LogP contribution in [0.2, 0.25) is 0 Å². The van der Waals surface area contributed by atoms with Gasteiger partial charge in [0.15, 0.2) is 4.73 Å². The number of fused-ring (bicyclic) bond motifs is 1. The van der Waals surface area contributed by atoms with Gasteiger partial charge in [0.05, 0.1) is 11.2 Å². The number of aromatic nitrogens is 2. The third kappa shape index (κ3) is 3.57. The molecule has 0 saturated carbocycles. The molecule has 0 radical (unpaired) electrons. The van der Waals surface area contributed by atoms with Crippen LogP contribution in [0.5, 0.6) is 0 Å². The van der Waals surface area contributed by atoms with Gasteiger partial charge in [0.25, 0.3) is 0 Å². The van der Waals surface area contributed by atoms with E-state index < -0.39 is 0 Å². The summed E-state index contributed by atoms with van der Waals surface area (Å²) in [5.41, 5.74) is 7.63. The van der Waals surface area contributed by atoms with Crippen LogP contribution in [0, 0.1) is 0 Å². The van der Waals surface area contributed by atoms with Crippen LogP contribution < -0.4 is 0 Å². The molecule has 0 amide bonds. The van der Waals surface area contributed by atoms with Gasteiger partial charge < -0.3 is 0 Å². The van der Waals surface area contributed by atoms with Crippen LogP contribution in [-0.4, -0.2) is 9.97 Å². The van der Waals surface area contributed by atoms with E-state index in [-0.39, 0.29) is 0 Å². The topological polar surface area (TPSA) is 25.8 Å². The summed E-state index contributed by atoms with van der Waals surface area (Å²) in [4.78, 5) is 9.28. The van der Waals surface area contributed by atoms with Crippen molar-refractivity contribution in [1.29, 1.82) is 0 Å². The van der Waals surface area contributed by atoms with Gasteiger partial charge in [-0.05, 0) is 62.4 Å². The number of para-hydroxylation sites is 1. The van der Waals surface area contributed by atoms with Crippen molar-refractivity contribution in [3.05, 3.63) is 108 Å². The Morgan fingerprint density at radius 3 is 1.62 bits per heavy atom. The standard InChI is InChI=1S/C26H17BrN2/c27-26-28-24-14-8-7-13-23(24)25(29-26)22-16-20(18-9-3-1-4-10-18)15-21(17-22)19-11-5-2-6-12-19/h1-17H. The lowest BCUT2D eigenvalue weighted by Gasteiger charge is -2.12.